The fourth-order valence-corrected chi connectivity index (χ4v) is 4.36. The highest BCUT2D eigenvalue weighted by molar-refractivity contribution is 7.90. The molecule has 2 aromatic carbocycles. The molecule has 0 spiro atoms. The number of ether oxygens (including phenoxy) is 1. The summed E-state index contributed by atoms with van der Waals surface area (Å²) >= 11 is 0. The van der Waals surface area contributed by atoms with Crippen molar-refractivity contribution >= 4 is 27.7 Å². The van der Waals surface area contributed by atoms with Crippen LogP contribution in [0, 0.1) is 5.82 Å². The highest BCUT2D eigenvalue weighted by atomic mass is 32.2. The maximum atomic E-state index is 13.6. The third-order valence-corrected chi connectivity index (χ3v) is 7.13. The molecule has 1 atom stereocenters. The molecule has 0 aliphatic rings. The van der Waals surface area contributed by atoms with Gasteiger partial charge in [-0.25, -0.2) is 8.70 Å². The zero-order valence-electron chi connectivity index (χ0n) is 21.8. The molecular formula is C25H35FN4O5S. The first-order chi connectivity index (χ1) is 16.7. The van der Waals surface area contributed by atoms with Gasteiger partial charge in [-0.3, -0.25) is 9.59 Å². The molecule has 0 heterocycles. The predicted molar refractivity (Wildman–Crippen MR) is 137 cm³/mol. The van der Waals surface area contributed by atoms with Gasteiger partial charge >= 0.3 is 10.2 Å². The van der Waals surface area contributed by atoms with Crippen molar-refractivity contribution in [3.8, 4) is 5.75 Å². The van der Waals surface area contributed by atoms with Crippen molar-refractivity contribution in [3.05, 3.63) is 59.9 Å². The molecule has 9 nitrogen and oxygen atoms in total. The van der Waals surface area contributed by atoms with Gasteiger partial charge in [-0.2, -0.15) is 12.7 Å². The third-order valence-electron chi connectivity index (χ3n) is 5.31. The van der Waals surface area contributed by atoms with Crippen molar-refractivity contribution in [1.29, 1.82) is 0 Å². The normalized spacial score (nSPS) is 12.7. The minimum Gasteiger partial charge on any atom is -0.497 e. The maximum absolute atomic E-state index is 13.6. The lowest BCUT2D eigenvalue weighted by molar-refractivity contribution is -0.140. The Labute approximate surface area is 213 Å². The Morgan fingerprint density at radius 1 is 1.03 bits per heavy atom. The van der Waals surface area contributed by atoms with Crippen LogP contribution >= 0.6 is 0 Å². The van der Waals surface area contributed by atoms with Crippen LogP contribution in [0.4, 0.5) is 10.1 Å². The Balaban J connectivity index is 2.45. The first-order valence-electron chi connectivity index (χ1n) is 11.4. The van der Waals surface area contributed by atoms with E-state index in [1.54, 1.807) is 38.3 Å². The van der Waals surface area contributed by atoms with E-state index in [4.69, 9.17) is 4.74 Å². The zero-order chi connectivity index (χ0) is 27.3. The van der Waals surface area contributed by atoms with Gasteiger partial charge in [-0.1, -0.05) is 12.1 Å². The number of methoxy groups -OCH3 is 1. The molecule has 0 aliphatic heterocycles. The van der Waals surface area contributed by atoms with Crippen molar-refractivity contribution in [2.75, 3.05) is 32.1 Å². The van der Waals surface area contributed by atoms with E-state index in [9.17, 15) is 22.4 Å². The third kappa shape index (κ3) is 7.66. The zero-order valence-corrected chi connectivity index (χ0v) is 22.6. The van der Waals surface area contributed by atoms with E-state index >= 15 is 0 Å². The first-order valence-corrected chi connectivity index (χ1v) is 12.8. The first kappa shape index (κ1) is 29.1. The lowest BCUT2D eigenvalue weighted by Gasteiger charge is -2.34. The largest absolute Gasteiger partial charge is 0.497 e. The average molecular weight is 523 g/mol. The smallest absolute Gasteiger partial charge is 0.304 e. The number of anilines is 1. The summed E-state index contributed by atoms with van der Waals surface area (Å²) in [6.45, 7) is 6.54. The number of nitrogens with one attached hydrogen (secondary N) is 1. The Morgan fingerprint density at radius 3 is 2.06 bits per heavy atom. The minimum absolute atomic E-state index is 0.0564. The SMILES string of the molecule is COc1ccc(CN(C(=O)CN(c2ccc(F)cc2)S(=O)(=O)N(C)C)[C@H](C)C(=O)NC(C)(C)C)cc1. The summed E-state index contributed by atoms with van der Waals surface area (Å²) in [7, 11) is 0.106. The summed E-state index contributed by atoms with van der Waals surface area (Å²) in [4.78, 5) is 27.9. The van der Waals surface area contributed by atoms with Crippen LogP contribution in [0.25, 0.3) is 0 Å². The number of halogens is 1. The predicted octanol–water partition coefficient (Wildman–Crippen LogP) is 2.78. The number of hydrogen-bond acceptors (Lipinski definition) is 5. The van der Waals surface area contributed by atoms with Crippen LogP contribution in [0.5, 0.6) is 5.75 Å². The van der Waals surface area contributed by atoms with Gasteiger partial charge in [0.1, 0.15) is 24.2 Å². The van der Waals surface area contributed by atoms with E-state index in [1.165, 1.54) is 31.1 Å². The number of nitrogens with zero attached hydrogens (tertiary/aromatic N) is 3. The highest BCUT2D eigenvalue weighted by Crippen LogP contribution is 2.22. The van der Waals surface area contributed by atoms with E-state index in [2.05, 4.69) is 5.32 Å². The molecule has 0 fully saturated rings. The Morgan fingerprint density at radius 2 is 1.58 bits per heavy atom. The molecule has 0 bridgehead atoms. The standard InChI is InChI=1S/C25H35FN4O5S/c1-18(24(32)27-25(2,3)4)29(16-19-8-14-22(35-7)15-9-19)23(31)17-30(36(33,34)28(5)6)21-12-10-20(26)11-13-21/h8-15,18H,16-17H2,1-7H3,(H,27,32)/t18-/m1/s1. The van der Waals surface area contributed by atoms with Crippen LogP contribution in [-0.4, -0.2) is 68.8 Å². The van der Waals surface area contributed by atoms with Gasteiger partial charge in [0.2, 0.25) is 11.8 Å². The van der Waals surface area contributed by atoms with Crippen molar-refractivity contribution in [2.45, 2.75) is 45.8 Å². The molecule has 11 heteroatoms. The van der Waals surface area contributed by atoms with Gasteiger partial charge < -0.3 is 15.0 Å². The molecular weight excluding hydrogens is 487 g/mol. The quantitative estimate of drug-likeness (QED) is 0.517. The van der Waals surface area contributed by atoms with Crippen LogP contribution in [0.1, 0.15) is 33.3 Å². The Bertz CT molecular complexity index is 1150. The second-order valence-corrected chi connectivity index (χ2v) is 11.6. The van der Waals surface area contributed by atoms with E-state index in [0.717, 1.165) is 26.3 Å². The maximum Gasteiger partial charge on any atom is 0.304 e. The summed E-state index contributed by atoms with van der Waals surface area (Å²) < 4.78 is 46.7. The molecule has 2 amide bonds. The molecule has 198 valence electrons. The minimum atomic E-state index is -4.11. The molecule has 2 aromatic rings. The number of hydrogen-bond donors (Lipinski definition) is 1. The number of benzene rings is 2. The van der Waals surface area contributed by atoms with Crippen molar-refractivity contribution < 1.29 is 27.1 Å². The van der Waals surface area contributed by atoms with E-state index in [0.29, 0.717) is 5.75 Å². The lowest BCUT2D eigenvalue weighted by Crippen LogP contribution is -2.54. The van der Waals surface area contributed by atoms with E-state index in [-0.39, 0.29) is 18.1 Å². The Kier molecular flexibility index (Phi) is 9.44. The van der Waals surface area contributed by atoms with Gasteiger partial charge in [-0.05, 0) is 69.7 Å². The molecule has 1 N–H and O–H groups in total. The molecule has 36 heavy (non-hydrogen) atoms. The summed E-state index contributed by atoms with van der Waals surface area (Å²) in [5.74, 6) is -0.888. The summed E-state index contributed by atoms with van der Waals surface area (Å²) in [6, 6.07) is 10.9. The van der Waals surface area contributed by atoms with Crippen molar-refractivity contribution in [2.24, 2.45) is 0 Å². The monoisotopic (exact) mass is 522 g/mol. The van der Waals surface area contributed by atoms with E-state index < -0.39 is 40.1 Å². The number of amides is 2. The van der Waals surface area contributed by atoms with Crippen LogP contribution in [0.15, 0.2) is 48.5 Å². The van der Waals surface area contributed by atoms with Crippen molar-refractivity contribution in [3.63, 3.8) is 0 Å². The highest BCUT2D eigenvalue weighted by Gasteiger charge is 2.33. The van der Waals surface area contributed by atoms with Crippen molar-refractivity contribution in [1.82, 2.24) is 14.5 Å². The topological polar surface area (TPSA) is 99.3 Å². The fourth-order valence-electron chi connectivity index (χ4n) is 3.31. The fraction of sp³-hybridized carbons (Fsp3) is 0.440. The second kappa shape index (κ2) is 11.7. The molecule has 0 aromatic heterocycles. The van der Waals surface area contributed by atoms with Crippen LogP contribution in [-0.2, 0) is 26.3 Å². The molecule has 2 rings (SSSR count). The molecule has 0 radical (unpaired) electrons. The van der Waals surface area contributed by atoms with Gasteiger partial charge in [-0.15, -0.1) is 0 Å². The number of rotatable bonds is 10. The summed E-state index contributed by atoms with van der Waals surface area (Å²) in [5, 5.41) is 2.86. The molecule has 0 unspecified atom stereocenters. The average Bonchev–Trinajstić information content (AvgIpc) is 2.80. The van der Waals surface area contributed by atoms with Crippen LogP contribution < -0.4 is 14.4 Å². The number of carbonyl (C=O) groups excluding carboxylic acids is 2. The summed E-state index contributed by atoms with van der Waals surface area (Å²) in [6.07, 6.45) is 0. The van der Waals surface area contributed by atoms with Crippen LogP contribution in [0.2, 0.25) is 0 Å². The number of carbonyl (C=O) groups is 2. The van der Waals surface area contributed by atoms with Gasteiger partial charge in [0, 0.05) is 26.2 Å². The molecule has 0 saturated carbocycles. The van der Waals surface area contributed by atoms with Crippen LogP contribution in [0.3, 0.4) is 0 Å². The van der Waals surface area contributed by atoms with Gasteiger partial charge in [0.15, 0.2) is 0 Å². The second-order valence-electron chi connectivity index (χ2n) is 9.56. The van der Waals surface area contributed by atoms with Gasteiger partial charge in [0.25, 0.3) is 0 Å². The molecule has 0 saturated heterocycles. The van der Waals surface area contributed by atoms with E-state index in [1.807, 2.05) is 20.8 Å². The van der Waals surface area contributed by atoms with Gasteiger partial charge in [0.05, 0.1) is 12.8 Å². The Hall–Kier alpha value is -3.18. The lowest BCUT2D eigenvalue weighted by atomic mass is 10.1. The molecule has 0 aliphatic carbocycles. The summed E-state index contributed by atoms with van der Waals surface area (Å²) in [5.41, 5.74) is 0.312.